The fourth-order valence-electron chi connectivity index (χ4n) is 0.450. The maximum Gasteiger partial charge on any atom is 0.0233 e. The van der Waals surface area contributed by atoms with E-state index in [0.29, 0.717) is 0 Å². The summed E-state index contributed by atoms with van der Waals surface area (Å²) in [5, 5.41) is 0. The summed E-state index contributed by atoms with van der Waals surface area (Å²) in [6, 6.07) is 0. The highest BCUT2D eigenvalue weighted by atomic mass is 14.2. The minimum atomic E-state index is 0.0776. The lowest BCUT2D eigenvalue weighted by molar-refractivity contribution is 0.521. The Hall–Kier alpha value is -0.700. The van der Waals surface area contributed by atoms with Gasteiger partial charge in [-0.15, -0.1) is 0 Å². The number of rotatable bonds is 0. The van der Waals surface area contributed by atoms with Crippen LogP contribution in [0.4, 0.5) is 0 Å². The predicted molar refractivity (Wildman–Crippen MR) is 55.8 cm³/mol. The Kier molecular flexibility index (Phi) is 3.16. The second-order valence-electron chi connectivity index (χ2n) is 5.23. The Morgan fingerprint density at radius 3 is 1.67 bits per heavy atom. The molecule has 0 amide bonds. The molecule has 0 heteroatoms. The normalized spacial score (nSPS) is 11.8. The predicted octanol–water partition coefficient (Wildman–Crippen LogP) is 3.64. The molecule has 0 saturated carbocycles. The number of hydrogen-bond acceptors (Lipinski definition) is 0. The summed E-state index contributed by atoms with van der Waals surface area (Å²) in [4.78, 5) is 0. The number of hydrogen-bond donors (Lipinski definition) is 0. The van der Waals surface area contributed by atoms with Gasteiger partial charge in [-0.1, -0.05) is 39.2 Å². The third kappa shape index (κ3) is 5.02. The Labute approximate surface area is 77.1 Å². The molecule has 0 aromatic rings. The molecule has 0 N–H and O–H groups in total. The smallest absolute Gasteiger partial charge is 0.0233 e. The van der Waals surface area contributed by atoms with Crippen LogP contribution in [0.15, 0.2) is 12.2 Å². The second kappa shape index (κ2) is 3.35. The van der Waals surface area contributed by atoms with Crippen LogP contribution in [0.1, 0.15) is 41.5 Å². The highest BCUT2D eigenvalue weighted by Gasteiger charge is 2.13. The molecule has 0 saturated heterocycles. The van der Waals surface area contributed by atoms with Crippen molar-refractivity contribution in [1.82, 2.24) is 0 Å². The van der Waals surface area contributed by atoms with Crippen LogP contribution in [0.3, 0.4) is 0 Å². The summed E-state index contributed by atoms with van der Waals surface area (Å²) < 4.78 is 0. The van der Waals surface area contributed by atoms with E-state index in [9.17, 15) is 0 Å². The molecule has 0 radical (unpaired) electrons. The molecule has 0 atom stereocenters. The molecule has 0 unspecified atom stereocenters. The van der Waals surface area contributed by atoms with Crippen LogP contribution in [-0.4, -0.2) is 0 Å². The van der Waals surface area contributed by atoms with Crippen LogP contribution < -0.4 is 0 Å². The van der Waals surface area contributed by atoms with Gasteiger partial charge in [0.25, 0.3) is 0 Å². The van der Waals surface area contributed by atoms with Crippen LogP contribution in [0.2, 0.25) is 0 Å². The van der Waals surface area contributed by atoms with Crippen molar-refractivity contribution in [3.63, 3.8) is 0 Å². The Bertz CT molecular complexity index is 219. The molecule has 0 bridgehead atoms. The van der Waals surface area contributed by atoms with E-state index in [1.54, 1.807) is 0 Å². The van der Waals surface area contributed by atoms with Gasteiger partial charge in [-0.3, -0.25) is 0 Å². The first-order valence-electron chi connectivity index (χ1n) is 4.35. The summed E-state index contributed by atoms with van der Waals surface area (Å²) in [5.41, 5.74) is 1.20. The van der Waals surface area contributed by atoms with Gasteiger partial charge in [0, 0.05) is 11.0 Å². The molecule has 0 aromatic heterocycles. The van der Waals surface area contributed by atoms with Crippen LogP contribution in [0.5, 0.6) is 0 Å². The largest absolute Gasteiger partial charge is 0.0923 e. The van der Waals surface area contributed by atoms with Crippen molar-refractivity contribution < 1.29 is 0 Å². The average molecular weight is 164 g/mol. The topological polar surface area (TPSA) is 0 Å². The maximum atomic E-state index is 3.96. The molecular weight excluding hydrogens is 144 g/mol. The zero-order valence-corrected chi connectivity index (χ0v) is 9.21. The molecule has 0 aliphatic rings. The van der Waals surface area contributed by atoms with E-state index in [1.165, 1.54) is 0 Å². The maximum absolute atomic E-state index is 3.96. The van der Waals surface area contributed by atoms with Crippen LogP contribution in [0, 0.1) is 22.7 Å². The van der Waals surface area contributed by atoms with Gasteiger partial charge < -0.3 is 0 Å². The van der Waals surface area contributed by atoms with E-state index < -0.39 is 0 Å². The van der Waals surface area contributed by atoms with Gasteiger partial charge in [0.15, 0.2) is 0 Å². The van der Waals surface area contributed by atoms with Crippen molar-refractivity contribution in [2.45, 2.75) is 41.5 Å². The molecule has 0 aromatic carbocycles. The minimum absolute atomic E-state index is 0.0776. The third-order valence-electron chi connectivity index (χ3n) is 1.49. The van der Waals surface area contributed by atoms with Crippen LogP contribution in [-0.2, 0) is 0 Å². The third-order valence-corrected chi connectivity index (χ3v) is 1.49. The van der Waals surface area contributed by atoms with E-state index in [1.807, 2.05) is 0 Å². The minimum Gasteiger partial charge on any atom is -0.0923 e. The zero-order valence-electron chi connectivity index (χ0n) is 9.21. The lowest BCUT2D eigenvalue weighted by atomic mass is 9.87. The lowest BCUT2D eigenvalue weighted by Gasteiger charge is -2.17. The molecule has 0 nitrogen and oxygen atoms in total. The van der Waals surface area contributed by atoms with E-state index in [4.69, 9.17) is 0 Å². The van der Waals surface area contributed by atoms with Crippen molar-refractivity contribution in [3.05, 3.63) is 12.2 Å². The SMILES string of the molecule is C=C(C#CC(C)(C)C)C(C)(C)C. The zero-order chi connectivity index (χ0) is 9.99. The number of allylic oxidation sites excluding steroid dienone is 1. The van der Waals surface area contributed by atoms with Crippen molar-refractivity contribution in [2.24, 2.45) is 10.8 Å². The van der Waals surface area contributed by atoms with Crippen molar-refractivity contribution in [3.8, 4) is 11.8 Å². The fourth-order valence-corrected chi connectivity index (χ4v) is 0.450. The van der Waals surface area contributed by atoms with Crippen molar-refractivity contribution >= 4 is 0 Å². The van der Waals surface area contributed by atoms with Gasteiger partial charge in [0.05, 0.1) is 0 Å². The van der Waals surface area contributed by atoms with E-state index in [-0.39, 0.29) is 10.8 Å². The van der Waals surface area contributed by atoms with Gasteiger partial charge in [-0.25, -0.2) is 0 Å². The van der Waals surface area contributed by atoms with Gasteiger partial charge >= 0.3 is 0 Å². The van der Waals surface area contributed by atoms with Crippen LogP contribution >= 0.6 is 0 Å². The van der Waals surface area contributed by atoms with E-state index >= 15 is 0 Å². The quantitative estimate of drug-likeness (QED) is 0.479. The summed E-state index contributed by atoms with van der Waals surface area (Å²) >= 11 is 0. The highest BCUT2D eigenvalue weighted by Crippen LogP contribution is 2.23. The molecule has 0 fully saturated rings. The molecule has 68 valence electrons. The Morgan fingerprint density at radius 2 is 1.42 bits per heavy atom. The monoisotopic (exact) mass is 164 g/mol. The highest BCUT2D eigenvalue weighted by molar-refractivity contribution is 5.31. The molecule has 0 spiro atoms. The molecule has 0 heterocycles. The van der Waals surface area contributed by atoms with Gasteiger partial charge in [-0.05, 0) is 26.2 Å². The molecular formula is C12H20. The van der Waals surface area contributed by atoms with Crippen molar-refractivity contribution in [1.29, 1.82) is 0 Å². The van der Waals surface area contributed by atoms with E-state index in [2.05, 4.69) is 60.0 Å². The summed E-state index contributed by atoms with van der Waals surface area (Å²) in [7, 11) is 0. The first-order chi connectivity index (χ1) is 5.13. The fraction of sp³-hybridized carbons (Fsp3) is 0.667. The second-order valence-corrected chi connectivity index (χ2v) is 5.23. The molecule has 0 aliphatic heterocycles. The van der Waals surface area contributed by atoms with Crippen LogP contribution in [0.25, 0.3) is 0 Å². The standard InChI is InChI=1S/C12H20/c1-10(12(5,6)7)8-9-11(2,3)4/h1H2,2-7H3. The molecule has 0 rings (SSSR count). The summed E-state index contributed by atoms with van der Waals surface area (Å²) in [5.74, 6) is 6.30. The lowest BCUT2D eigenvalue weighted by Crippen LogP contribution is -2.07. The summed E-state index contributed by atoms with van der Waals surface area (Å²) in [6.07, 6.45) is 0. The first-order valence-corrected chi connectivity index (χ1v) is 4.35. The van der Waals surface area contributed by atoms with Gasteiger partial charge in [0.1, 0.15) is 0 Å². The van der Waals surface area contributed by atoms with E-state index in [0.717, 1.165) is 5.57 Å². The summed E-state index contributed by atoms with van der Waals surface area (Å²) in [6.45, 7) is 16.7. The first kappa shape index (κ1) is 11.3. The van der Waals surface area contributed by atoms with Crippen molar-refractivity contribution in [2.75, 3.05) is 0 Å². The van der Waals surface area contributed by atoms with Gasteiger partial charge in [-0.2, -0.15) is 0 Å². The Balaban J connectivity index is 4.46. The average Bonchev–Trinajstić information content (AvgIpc) is 1.78. The van der Waals surface area contributed by atoms with Gasteiger partial charge in [0.2, 0.25) is 0 Å². The molecule has 12 heavy (non-hydrogen) atoms. The molecule has 0 aliphatic carbocycles. The Morgan fingerprint density at radius 1 is 1.00 bits per heavy atom.